The van der Waals surface area contributed by atoms with Gasteiger partial charge in [-0.25, -0.2) is 4.79 Å². The predicted octanol–water partition coefficient (Wildman–Crippen LogP) is 1.58. The van der Waals surface area contributed by atoms with Crippen LogP contribution in [0.3, 0.4) is 0 Å². The zero-order valence-electron chi connectivity index (χ0n) is 8.41. The van der Waals surface area contributed by atoms with Crippen molar-refractivity contribution in [1.82, 2.24) is 19.5 Å². The zero-order valence-corrected chi connectivity index (χ0v) is 9.23. The Bertz CT molecular complexity index is 580. The van der Waals surface area contributed by atoms with E-state index in [1.165, 1.54) is 6.20 Å². The van der Waals surface area contributed by atoms with Crippen LogP contribution in [0.25, 0.3) is 11.2 Å². The highest BCUT2D eigenvalue weighted by atomic mass is 32.1. The minimum absolute atomic E-state index is 0.346. The van der Waals surface area contributed by atoms with Gasteiger partial charge in [-0.3, -0.25) is 4.98 Å². The number of aromatic amines is 2. The van der Waals surface area contributed by atoms with E-state index < -0.39 is 0 Å². The van der Waals surface area contributed by atoms with E-state index in [9.17, 15) is 4.79 Å². The van der Waals surface area contributed by atoms with Crippen molar-refractivity contribution in [2.24, 2.45) is 0 Å². The number of nitrogens with one attached hydrogen (secondary N) is 2. The minimum atomic E-state index is -0.346. The number of nitrogens with zero attached hydrogens (tertiary/aromatic N) is 2. The second kappa shape index (κ2) is 3.98. The fourth-order valence-corrected chi connectivity index (χ4v) is 1.80. The van der Waals surface area contributed by atoms with Crippen molar-refractivity contribution in [3.05, 3.63) is 21.5 Å². The van der Waals surface area contributed by atoms with Crippen LogP contribution in [0, 0.1) is 4.77 Å². The molecular formula is C9H12N4OS. The van der Waals surface area contributed by atoms with Crippen molar-refractivity contribution in [1.29, 1.82) is 0 Å². The average molecular weight is 224 g/mol. The van der Waals surface area contributed by atoms with Gasteiger partial charge in [-0.15, -0.1) is 0 Å². The van der Waals surface area contributed by atoms with Crippen molar-refractivity contribution in [3.63, 3.8) is 0 Å². The molecule has 0 unspecified atom stereocenters. The smallest absolute Gasteiger partial charge is 0.328 e. The van der Waals surface area contributed by atoms with Gasteiger partial charge in [-0.05, 0) is 18.6 Å². The van der Waals surface area contributed by atoms with E-state index in [1.807, 2.05) is 4.57 Å². The molecule has 0 amide bonds. The van der Waals surface area contributed by atoms with Crippen LogP contribution in [-0.4, -0.2) is 19.5 Å². The molecule has 0 saturated carbocycles. The molecule has 2 heterocycles. The fourth-order valence-electron chi connectivity index (χ4n) is 1.50. The van der Waals surface area contributed by atoms with Crippen molar-refractivity contribution < 1.29 is 0 Å². The first-order valence-electron chi connectivity index (χ1n) is 4.90. The number of rotatable bonds is 3. The Kier molecular flexibility index (Phi) is 2.68. The molecule has 0 fully saturated rings. The van der Waals surface area contributed by atoms with Crippen LogP contribution in [0.1, 0.15) is 19.8 Å². The third-order valence-corrected chi connectivity index (χ3v) is 2.61. The van der Waals surface area contributed by atoms with Crippen LogP contribution in [0.4, 0.5) is 0 Å². The maximum absolute atomic E-state index is 11.1. The number of unbranched alkanes of at least 4 members (excludes halogenated alkanes) is 1. The Morgan fingerprint density at radius 3 is 3.07 bits per heavy atom. The summed E-state index contributed by atoms with van der Waals surface area (Å²) in [7, 11) is 0. The highest BCUT2D eigenvalue weighted by Crippen LogP contribution is 2.09. The third-order valence-electron chi connectivity index (χ3n) is 2.28. The Morgan fingerprint density at radius 1 is 1.53 bits per heavy atom. The Labute approximate surface area is 91.2 Å². The summed E-state index contributed by atoms with van der Waals surface area (Å²) in [5.74, 6) is 0. The molecule has 15 heavy (non-hydrogen) atoms. The van der Waals surface area contributed by atoms with Gasteiger partial charge in [-0.2, -0.15) is 4.98 Å². The molecule has 0 aromatic carbocycles. The summed E-state index contributed by atoms with van der Waals surface area (Å²) in [5.41, 5.74) is 1.16. The van der Waals surface area contributed by atoms with Gasteiger partial charge >= 0.3 is 5.69 Å². The van der Waals surface area contributed by atoms with E-state index >= 15 is 0 Å². The quantitative estimate of drug-likeness (QED) is 0.778. The van der Waals surface area contributed by atoms with E-state index in [1.54, 1.807) is 0 Å². The molecule has 0 atom stereocenters. The lowest BCUT2D eigenvalue weighted by molar-refractivity contribution is 0.635. The van der Waals surface area contributed by atoms with Gasteiger partial charge in [0.1, 0.15) is 11.2 Å². The van der Waals surface area contributed by atoms with Crippen LogP contribution in [-0.2, 0) is 6.54 Å². The summed E-state index contributed by atoms with van der Waals surface area (Å²) in [5, 5.41) is 0. The van der Waals surface area contributed by atoms with Gasteiger partial charge in [0.25, 0.3) is 0 Å². The number of hydrogen-bond acceptors (Lipinski definition) is 3. The summed E-state index contributed by atoms with van der Waals surface area (Å²) >= 11 is 5.17. The van der Waals surface area contributed by atoms with Crippen molar-refractivity contribution in [2.75, 3.05) is 0 Å². The van der Waals surface area contributed by atoms with E-state index in [0.717, 1.165) is 30.6 Å². The van der Waals surface area contributed by atoms with Crippen LogP contribution in [0.2, 0.25) is 0 Å². The predicted molar refractivity (Wildman–Crippen MR) is 60.4 cm³/mol. The van der Waals surface area contributed by atoms with Crippen molar-refractivity contribution >= 4 is 23.4 Å². The minimum Gasteiger partial charge on any atom is -0.328 e. The highest BCUT2D eigenvalue weighted by Gasteiger charge is 2.04. The molecule has 6 heteroatoms. The summed E-state index contributed by atoms with van der Waals surface area (Å²) in [6, 6.07) is 0. The molecule has 0 aliphatic carbocycles. The molecule has 0 aliphatic rings. The molecule has 0 saturated heterocycles. The third kappa shape index (κ3) is 1.85. The van der Waals surface area contributed by atoms with Crippen LogP contribution >= 0.6 is 12.2 Å². The first kappa shape index (κ1) is 10.1. The zero-order chi connectivity index (χ0) is 10.8. The Hall–Kier alpha value is -1.43. The number of fused-ring (bicyclic) bond motifs is 1. The van der Waals surface area contributed by atoms with E-state index in [2.05, 4.69) is 21.9 Å². The van der Waals surface area contributed by atoms with Gasteiger partial charge in [-0.1, -0.05) is 13.3 Å². The first-order chi connectivity index (χ1) is 7.22. The summed E-state index contributed by atoms with van der Waals surface area (Å²) in [6.45, 7) is 2.93. The normalized spacial score (nSPS) is 11.0. The Balaban J connectivity index is 2.60. The van der Waals surface area contributed by atoms with Gasteiger partial charge in [0, 0.05) is 6.54 Å². The fraction of sp³-hybridized carbons (Fsp3) is 0.444. The monoisotopic (exact) mass is 224 g/mol. The number of hydrogen-bond donors (Lipinski definition) is 2. The average Bonchev–Trinajstić information content (AvgIpc) is 2.51. The van der Waals surface area contributed by atoms with Gasteiger partial charge < -0.3 is 9.55 Å². The maximum atomic E-state index is 11.1. The highest BCUT2D eigenvalue weighted by molar-refractivity contribution is 7.71. The first-order valence-corrected chi connectivity index (χ1v) is 5.31. The molecule has 2 aromatic rings. The standard InChI is InChI=1S/C9H12N4OS/c1-2-3-4-13-7-6(11-9(13)15)5-10-8(14)12-7/h5H,2-4H2,1H3,(H,11,15)(H,10,12,14). The van der Waals surface area contributed by atoms with Crippen LogP contribution in [0.5, 0.6) is 0 Å². The molecule has 2 N–H and O–H groups in total. The molecule has 0 spiro atoms. The van der Waals surface area contributed by atoms with Crippen molar-refractivity contribution in [3.8, 4) is 0 Å². The Morgan fingerprint density at radius 2 is 2.33 bits per heavy atom. The largest absolute Gasteiger partial charge is 0.346 e. The van der Waals surface area contributed by atoms with Crippen LogP contribution < -0.4 is 5.69 Å². The van der Waals surface area contributed by atoms with Gasteiger partial charge in [0.2, 0.25) is 0 Å². The molecule has 0 aliphatic heterocycles. The number of aryl methyl sites for hydroxylation is 1. The van der Waals surface area contributed by atoms with Crippen LogP contribution in [0.15, 0.2) is 11.0 Å². The maximum Gasteiger partial charge on any atom is 0.346 e. The van der Waals surface area contributed by atoms with E-state index in [4.69, 9.17) is 12.2 Å². The van der Waals surface area contributed by atoms with Gasteiger partial charge in [0.05, 0.1) is 6.20 Å². The van der Waals surface area contributed by atoms with Crippen molar-refractivity contribution in [2.45, 2.75) is 26.3 Å². The molecule has 0 bridgehead atoms. The summed E-state index contributed by atoms with van der Waals surface area (Å²) in [6.07, 6.45) is 3.63. The van der Waals surface area contributed by atoms with Gasteiger partial charge in [0.15, 0.2) is 4.77 Å². The topological polar surface area (TPSA) is 66.5 Å². The SMILES string of the molecule is CCCCn1c(=S)[nH]c2cnc(=O)[nH]c21. The molecule has 2 aromatic heterocycles. The molecule has 2 rings (SSSR count). The van der Waals surface area contributed by atoms with E-state index in [-0.39, 0.29) is 5.69 Å². The van der Waals surface area contributed by atoms with E-state index in [0.29, 0.717) is 4.77 Å². The lowest BCUT2D eigenvalue weighted by atomic mass is 10.3. The lowest BCUT2D eigenvalue weighted by Crippen LogP contribution is -2.10. The second-order valence-corrected chi connectivity index (χ2v) is 3.77. The summed E-state index contributed by atoms with van der Waals surface area (Å²) in [4.78, 5) is 20.4. The lowest BCUT2D eigenvalue weighted by Gasteiger charge is -2.01. The summed E-state index contributed by atoms with van der Waals surface area (Å²) < 4.78 is 2.53. The number of imidazole rings is 1. The molecule has 0 radical (unpaired) electrons. The molecular weight excluding hydrogens is 212 g/mol. The second-order valence-electron chi connectivity index (χ2n) is 3.39. The number of aromatic nitrogens is 4. The molecule has 5 nitrogen and oxygen atoms in total. The number of H-pyrrole nitrogens is 2. The molecule has 80 valence electrons.